The van der Waals surface area contributed by atoms with E-state index in [0.717, 1.165) is 22.6 Å². The lowest BCUT2D eigenvalue weighted by molar-refractivity contribution is -0.141. The van der Waals surface area contributed by atoms with E-state index >= 15 is 0 Å². The number of hydrogen-bond donors (Lipinski definition) is 1. The highest BCUT2D eigenvalue weighted by Crippen LogP contribution is 2.35. The zero-order valence-electron chi connectivity index (χ0n) is 24.4. The molecule has 0 unspecified atom stereocenters. The number of aromatic nitrogens is 8. The Morgan fingerprint density at radius 3 is 2.54 bits per heavy atom. The fourth-order valence-electron chi connectivity index (χ4n) is 5.47. The van der Waals surface area contributed by atoms with Gasteiger partial charge in [0.2, 0.25) is 5.91 Å². The first-order valence-corrected chi connectivity index (χ1v) is 14.2. The molecule has 0 saturated heterocycles. The van der Waals surface area contributed by atoms with Crippen LogP contribution >= 0.6 is 0 Å². The number of carbonyl (C=O) groups excluding carboxylic acids is 1. The first-order chi connectivity index (χ1) is 21.9. The Kier molecular flexibility index (Phi) is 7.96. The Morgan fingerprint density at radius 2 is 1.83 bits per heavy atom. The van der Waals surface area contributed by atoms with Crippen molar-refractivity contribution < 1.29 is 26.7 Å². The maximum Gasteiger partial charge on any atom is 0.436 e. The maximum absolute atomic E-state index is 13.9. The largest absolute Gasteiger partial charge is 0.436 e. The highest BCUT2D eigenvalue weighted by Gasteiger charge is 2.35. The summed E-state index contributed by atoms with van der Waals surface area (Å²) < 4.78 is 70.3. The quantitative estimate of drug-likeness (QED) is 0.246. The molecule has 16 heteroatoms. The fraction of sp³-hybridized carbons (Fsp3) is 0.300. The molecule has 1 N–H and O–H groups in total. The van der Waals surface area contributed by atoms with E-state index in [4.69, 9.17) is 0 Å². The van der Waals surface area contributed by atoms with E-state index in [1.807, 2.05) is 0 Å². The number of alkyl halides is 5. The van der Waals surface area contributed by atoms with Crippen LogP contribution < -0.4 is 10.9 Å². The molecule has 0 radical (unpaired) electrons. The van der Waals surface area contributed by atoms with Gasteiger partial charge >= 0.3 is 12.7 Å². The Balaban J connectivity index is 1.43. The lowest BCUT2D eigenvalue weighted by Crippen LogP contribution is -2.26. The molecule has 6 rings (SSSR count). The maximum atomic E-state index is 13.9. The first-order valence-electron chi connectivity index (χ1n) is 14.2. The normalized spacial score (nSPS) is 17.3. The van der Waals surface area contributed by atoms with Gasteiger partial charge in [0.15, 0.2) is 5.69 Å². The lowest BCUT2D eigenvalue weighted by Gasteiger charge is -2.23. The third-order valence-electron chi connectivity index (χ3n) is 7.84. The number of aryl methyl sites for hydroxylation is 1. The summed E-state index contributed by atoms with van der Waals surface area (Å²) >= 11 is 0. The third-order valence-corrected chi connectivity index (χ3v) is 7.84. The minimum absolute atomic E-state index is 0.0775. The van der Waals surface area contributed by atoms with E-state index in [2.05, 4.69) is 30.7 Å². The number of fused-ring (bicyclic) bond motifs is 4. The van der Waals surface area contributed by atoms with Crippen LogP contribution in [0.3, 0.4) is 0 Å². The molecule has 5 heterocycles. The van der Waals surface area contributed by atoms with Crippen LogP contribution in [0.4, 0.5) is 27.6 Å². The second-order valence-electron chi connectivity index (χ2n) is 11.0. The van der Waals surface area contributed by atoms with Crippen molar-refractivity contribution in [2.75, 3.05) is 5.32 Å². The van der Waals surface area contributed by atoms with E-state index < -0.39 is 35.9 Å². The molecule has 238 valence electrons. The molecule has 0 fully saturated rings. The minimum Gasteiger partial charge on any atom is -0.323 e. The molecular formula is C30H26F5N9O2. The smallest absolute Gasteiger partial charge is 0.323 e. The van der Waals surface area contributed by atoms with Gasteiger partial charge in [-0.25, -0.2) is 9.67 Å². The number of halogens is 5. The highest BCUT2D eigenvalue weighted by molar-refractivity contribution is 5.95. The van der Waals surface area contributed by atoms with Crippen LogP contribution in [0.25, 0.3) is 28.3 Å². The summed E-state index contributed by atoms with van der Waals surface area (Å²) in [7, 11) is 0. The molecule has 0 spiro atoms. The van der Waals surface area contributed by atoms with Gasteiger partial charge in [0.05, 0.1) is 47.5 Å². The molecule has 46 heavy (non-hydrogen) atoms. The van der Waals surface area contributed by atoms with Crippen molar-refractivity contribution in [3.8, 4) is 28.3 Å². The Morgan fingerprint density at radius 1 is 1.02 bits per heavy atom. The lowest BCUT2D eigenvalue weighted by atomic mass is 9.95. The number of pyridine rings is 1. The summed E-state index contributed by atoms with van der Waals surface area (Å²) in [6.45, 7) is 0.505. The van der Waals surface area contributed by atoms with Crippen LogP contribution in [-0.2, 0) is 11.0 Å². The average Bonchev–Trinajstić information content (AvgIpc) is 3.67. The van der Waals surface area contributed by atoms with Gasteiger partial charge in [-0.1, -0.05) is 30.2 Å². The number of hydrogen-bond acceptors (Lipinski definition) is 7. The molecule has 0 aliphatic carbocycles. The molecule has 1 aliphatic rings. The molecule has 2 atom stereocenters. The monoisotopic (exact) mass is 639 g/mol. The summed E-state index contributed by atoms with van der Waals surface area (Å²) in [6.07, 6.45) is 1.37. The molecule has 1 aliphatic heterocycles. The van der Waals surface area contributed by atoms with E-state index in [-0.39, 0.29) is 34.4 Å². The van der Waals surface area contributed by atoms with E-state index in [0.29, 0.717) is 35.1 Å². The van der Waals surface area contributed by atoms with Crippen molar-refractivity contribution in [1.82, 2.24) is 39.3 Å². The SMILES string of the molecule is Cc1ccc(-n2cc(C(F)(F)F)nn2)c(-c2cc(=O)n([C@H]3CCC[C@@H](C)C(=O)Nc4cnn(C(F)F)c4-c4cc3ccn4)cn2)c1. The van der Waals surface area contributed by atoms with Crippen LogP contribution in [0.15, 0.2) is 66.1 Å². The molecule has 5 aromatic rings. The number of rotatable bonds is 4. The van der Waals surface area contributed by atoms with Crippen molar-refractivity contribution in [3.63, 3.8) is 0 Å². The summed E-state index contributed by atoms with van der Waals surface area (Å²) in [4.78, 5) is 35.4. The van der Waals surface area contributed by atoms with Crippen molar-refractivity contribution in [2.45, 2.75) is 51.9 Å². The van der Waals surface area contributed by atoms with Crippen LogP contribution in [0.2, 0.25) is 0 Å². The molecule has 4 aromatic heterocycles. The van der Waals surface area contributed by atoms with Crippen molar-refractivity contribution in [2.24, 2.45) is 5.92 Å². The van der Waals surface area contributed by atoms with Gasteiger partial charge in [0.1, 0.15) is 5.69 Å². The Labute approximate surface area is 257 Å². The van der Waals surface area contributed by atoms with Gasteiger partial charge in [-0.2, -0.15) is 31.7 Å². The fourth-order valence-corrected chi connectivity index (χ4v) is 5.47. The number of anilines is 1. The van der Waals surface area contributed by atoms with Crippen molar-refractivity contribution in [1.29, 1.82) is 0 Å². The summed E-state index contributed by atoms with van der Waals surface area (Å²) in [6, 6.07) is 8.84. The van der Waals surface area contributed by atoms with Gasteiger partial charge < -0.3 is 5.32 Å². The zero-order chi connectivity index (χ0) is 32.7. The van der Waals surface area contributed by atoms with Crippen LogP contribution in [0.5, 0.6) is 0 Å². The molecular weight excluding hydrogens is 613 g/mol. The summed E-state index contributed by atoms with van der Waals surface area (Å²) in [5, 5.41) is 13.3. The summed E-state index contributed by atoms with van der Waals surface area (Å²) in [5.74, 6) is -0.837. The van der Waals surface area contributed by atoms with E-state index in [9.17, 15) is 31.5 Å². The van der Waals surface area contributed by atoms with Gasteiger partial charge in [0, 0.05) is 23.7 Å². The van der Waals surface area contributed by atoms with E-state index in [1.54, 1.807) is 44.2 Å². The average molecular weight is 640 g/mol. The molecule has 1 aromatic carbocycles. The Hall–Kier alpha value is -5.28. The third kappa shape index (κ3) is 5.89. The predicted octanol–water partition coefficient (Wildman–Crippen LogP) is 5.82. The molecule has 0 saturated carbocycles. The number of nitrogens with one attached hydrogen (secondary N) is 1. The van der Waals surface area contributed by atoms with Crippen LogP contribution in [-0.4, -0.2) is 45.2 Å². The molecule has 11 nitrogen and oxygen atoms in total. The van der Waals surface area contributed by atoms with Gasteiger partial charge in [-0.3, -0.25) is 19.1 Å². The molecule has 1 amide bonds. The zero-order valence-corrected chi connectivity index (χ0v) is 24.4. The van der Waals surface area contributed by atoms with Gasteiger partial charge in [0.25, 0.3) is 5.56 Å². The number of nitrogens with zero attached hydrogens (tertiary/aromatic N) is 8. The highest BCUT2D eigenvalue weighted by atomic mass is 19.4. The standard InChI is InChI=1S/C30H26F5N9O2/c1-16-6-7-24(43-14-25(40-41-43)30(33,34)35)19(10-16)20-12-26(45)42(15-37-20)23-5-3-4-17(2)28(46)39-22-13-38-44(29(31)32)27(22)21-11-18(23)8-9-36-21/h6-15,17,23,29H,3-5H2,1-2H3,(H,39,46)/t17-,23+/m1/s1. The molecule has 2 bridgehead atoms. The van der Waals surface area contributed by atoms with Crippen molar-refractivity contribution in [3.05, 3.63) is 88.5 Å². The van der Waals surface area contributed by atoms with Gasteiger partial charge in [-0.15, -0.1) is 5.10 Å². The minimum atomic E-state index is -4.69. The summed E-state index contributed by atoms with van der Waals surface area (Å²) in [5.41, 5.74) is 0.654. The predicted molar refractivity (Wildman–Crippen MR) is 155 cm³/mol. The second kappa shape index (κ2) is 11.9. The van der Waals surface area contributed by atoms with Gasteiger partial charge in [-0.05, 0) is 49.6 Å². The Bertz CT molecular complexity index is 1980. The number of amides is 1. The second-order valence-corrected chi connectivity index (χ2v) is 11.0. The topological polar surface area (TPSA) is 125 Å². The van der Waals surface area contributed by atoms with E-state index in [1.165, 1.54) is 23.2 Å². The van der Waals surface area contributed by atoms with Crippen LogP contribution in [0, 0.1) is 12.8 Å². The van der Waals surface area contributed by atoms with Crippen molar-refractivity contribution >= 4 is 11.6 Å². The number of carbonyl (C=O) groups is 1. The van der Waals surface area contributed by atoms with Crippen LogP contribution in [0.1, 0.15) is 55.6 Å². The number of benzene rings is 1. The first kappa shape index (κ1) is 30.7.